The van der Waals surface area contributed by atoms with Crippen LogP contribution in [-0.4, -0.2) is 25.1 Å². The summed E-state index contributed by atoms with van der Waals surface area (Å²) in [5.41, 5.74) is 3.54. The molecule has 0 aliphatic carbocycles. The van der Waals surface area contributed by atoms with Crippen LogP contribution in [0.4, 0.5) is 5.69 Å². The first-order valence-corrected chi connectivity index (χ1v) is 8.30. The molecule has 0 saturated carbocycles. The van der Waals surface area contributed by atoms with Crippen molar-refractivity contribution in [1.29, 1.82) is 0 Å². The van der Waals surface area contributed by atoms with Gasteiger partial charge in [-0.15, -0.1) is 0 Å². The zero-order valence-corrected chi connectivity index (χ0v) is 15.4. The molecule has 26 heavy (non-hydrogen) atoms. The minimum atomic E-state index is -0.935. The Morgan fingerprint density at radius 1 is 1.04 bits per heavy atom. The number of benzene rings is 2. The lowest BCUT2D eigenvalue weighted by molar-refractivity contribution is -0.148. The summed E-state index contributed by atoms with van der Waals surface area (Å²) in [6, 6.07) is 13.2. The fraction of sp³-hybridized carbons (Fsp3) is 0.238. The molecule has 2 aromatic rings. The maximum atomic E-state index is 12.3. The number of rotatable bonds is 6. The van der Waals surface area contributed by atoms with Gasteiger partial charge >= 0.3 is 5.97 Å². The number of anilines is 1. The summed E-state index contributed by atoms with van der Waals surface area (Å²) >= 11 is 0. The van der Waals surface area contributed by atoms with Crippen LogP contribution in [0, 0.1) is 13.8 Å². The van der Waals surface area contributed by atoms with Crippen LogP contribution in [0.3, 0.4) is 0 Å². The van der Waals surface area contributed by atoms with Crippen LogP contribution in [0.15, 0.2) is 48.5 Å². The predicted molar refractivity (Wildman–Crippen MR) is 102 cm³/mol. The predicted octanol–water partition coefficient (Wildman–Crippen LogP) is 3.90. The van der Waals surface area contributed by atoms with E-state index in [0.29, 0.717) is 11.4 Å². The minimum Gasteiger partial charge on any atom is -0.495 e. The van der Waals surface area contributed by atoms with Crippen molar-refractivity contribution in [2.75, 3.05) is 12.4 Å². The number of nitrogens with one attached hydrogen (secondary N) is 1. The molecule has 0 heterocycles. The lowest BCUT2D eigenvalue weighted by Gasteiger charge is -2.15. The molecule has 0 bridgehead atoms. The van der Waals surface area contributed by atoms with E-state index in [0.717, 1.165) is 16.7 Å². The highest BCUT2D eigenvalue weighted by molar-refractivity contribution is 5.97. The summed E-state index contributed by atoms with van der Waals surface area (Å²) in [5, 5.41) is 2.72. The molecule has 0 fully saturated rings. The lowest BCUT2D eigenvalue weighted by Crippen LogP contribution is -2.29. The zero-order chi connectivity index (χ0) is 19.1. The average molecular weight is 353 g/mol. The van der Waals surface area contributed by atoms with Crippen molar-refractivity contribution in [3.05, 3.63) is 65.2 Å². The summed E-state index contributed by atoms with van der Waals surface area (Å²) in [4.78, 5) is 24.2. The molecular formula is C21H23NO4. The highest BCUT2D eigenvalue weighted by Crippen LogP contribution is 2.25. The second kappa shape index (κ2) is 8.85. The van der Waals surface area contributed by atoms with E-state index in [9.17, 15) is 9.59 Å². The van der Waals surface area contributed by atoms with Crippen LogP contribution >= 0.6 is 0 Å². The van der Waals surface area contributed by atoms with E-state index in [1.807, 2.05) is 44.2 Å². The average Bonchev–Trinajstić information content (AvgIpc) is 2.61. The lowest BCUT2D eigenvalue weighted by atomic mass is 10.1. The SMILES string of the molecule is COc1ccc(C)cc1NC(=O)[C@@H](C)OC(=O)/C=C/c1ccc(C)cc1. The van der Waals surface area contributed by atoms with E-state index < -0.39 is 18.0 Å². The molecule has 2 aromatic carbocycles. The number of aryl methyl sites for hydroxylation is 2. The monoisotopic (exact) mass is 353 g/mol. The summed E-state index contributed by atoms with van der Waals surface area (Å²) in [7, 11) is 1.53. The van der Waals surface area contributed by atoms with Crippen LogP contribution in [0.2, 0.25) is 0 Å². The highest BCUT2D eigenvalue weighted by Gasteiger charge is 2.18. The Kier molecular flexibility index (Phi) is 6.55. The van der Waals surface area contributed by atoms with Crippen LogP contribution < -0.4 is 10.1 Å². The van der Waals surface area contributed by atoms with Crippen molar-refractivity contribution in [2.24, 2.45) is 0 Å². The summed E-state index contributed by atoms with van der Waals surface area (Å²) < 4.78 is 10.4. The molecule has 0 radical (unpaired) electrons. The molecule has 5 nitrogen and oxygen atoms in total. The third-order valence-corrected chi connectivity index (χ3v) is 3.76. The summed E-state index contributed by atoms with van der Waals surface area (Å²) in [6.07, 6.45) is 2.02. The molecule has 0 aliphatic heterocycles. The number of hydrogen-bond donors (Lipinski definition) is 1. The normalized spacial score (nSPS) is 11.8. The number of hydrogen-bond acceptors (Lipinski definition) is 4. The number of amides is 1. The van der Waals surface area contributed by atoms with E-state index in [-0.39, 0.29) is 0 Å². The van der Waals surface area contributed by atoms with Gasteiger partial charge in [-0.2, -0.15) is 0 Å². The van der Waals surface area contributed by atoms with Crippen molar-refractivity contribution in [3.63, 3.8) is 0 Å². The van der Waals surface area contributed by atoms with Gasteiger partial charge in [0.1, 0.15) is 5.75 Å². The van der Waals surface area contributed by atoms with Crippen molar-refractivity contribution in [2.45, 2.75) is 26.9 Å². The van der Waals surface area contributed by atoms with Gasteiger partial charge in [0.25, 0.3) is 5.91 Å². The molecule has 1 amide bonds. The van der Waals surface area contributed by atoms with Crippen LogP contribution in [0.5, 0.6) is 5.75 Å². The molecule has 0 aliphatic rings. The third-order valence-electron chi connectivity index (χ3n) is 3.76. The van der Waals surface area contributed by atoms with E-state index in [2.05, 4.69) is 5.32 Å². The summed E-state index contributed by atoms with van der Waals surface area (Å²) in [5.74, 6) is -0.461. The largest absolute Gasteiger partial charge is 0.495 e. The smallest absolute Gasteiger partial charge is 0.331 e. The van der Waals surface area contributed by atoms with Gasteiger partial charge in [0.05, 0.1) is 12.8 Å². The van der Waals surface area contributed by atoms with Crippen LogP contribution in [0.25, 0.3) is 6.08 Å². The maximum Gasteiger partial charge on any atom is 0.331 e. The van der Waals surface area contributed by atoms with Crippen molar-refractivity contribution in [3.8, 4) is 5.75 Å². The number of methoxy groups -OCH3 is 1. The van der Waals surface area contributed by atoms with E-state index >= 15 is 0 Å². The molecule has 0 spiro atoms. The van der Waals surface area contributed by atoms with Gasteiger partial charge in [-0.25, -0.2) is 4.79 Å². The van der Waals surface area contributed by atoms with Crippen molar-refractivity contribution < 1.29 is 19.1 Å². The quantitative estimate of drug-likeness (QED) is 0.632. The van der Waals surface area contributed by atoms with Gasteiger partial charge in [-0.3, -0.25) is 4.79 Å². The van der Waals surface area contributed by atoms with E-state index in [1.165, 1.54) is 20.1 Å². The van der Waals surface area contributed by atoms with Gasteiger partial charge in [0.2, 0.25) is 0 Å². The fourth-order valence-electron chi connectivity index (χ4n) is 2.26. The first-order chi connectivity index (χ1) is 12.4. The minimum absolute atomic E-state index is 0.425. The molecule has 1 N–H and O–H groups in total. The van der Waals surface area contributed by atoms with Crippen molar-refractivity contribution >= 4 is 23.6 Å². The Balaban J connectivity index is 1.95. The third kappa shape index (κ3) is 5.48. The van der Waals surface area contributed by atoms with Crippen LogP contribution in [-0.2, 0) is 14.3 Å². The number of carbonyl (C=O) groups excluding carboxylic acids is 2. The van der Waals surface area contributed by atoms with E-state index in [4.69, 9.17) is 9.47 Å². The summed E-state index contributed by atoms with van der Waals surface area (Å²) in [6.45, 7) is 5.43. The van der Waals surface area contributed by atoms with Gasteiger partial charge < -0.3 is 14.8 Å². The molecule has 0 unspecified atom stereocenters. The first-order valence-electron chi connectivity index (χ1n) is 8.30. The fourth-order valence-corrected chi connectivity index (χ4v) is 2.26. The Hall–Kier alpha value is -3.08. The molecule has 0 saturated heterocycles. The number of ether oxygens (including phenoxy) is 2. The Bertz CT molecular complexity index is 809. The van der Waals surface area contributed by atoms with E-state index in [1.54, 1.807) is 18.2 Å². The van der Waals surface area contributed by atoms with Crippen LogP contribution in [0.1, 0.15) is 23.6 Å². The molecule has 136 valence electrons. The topological polar surface area (TPSA) is 64.6 Å². The second-order valence-corrected chi connectivity index (χ2v) is 6.02. The molecular weight excluding hydrogens is 330 g/mol. The standard InChI is InChI=1S/C21H23NO4/c1-14-5-8-17(9-6-14)10-12-20(23)26-16(3)21(24)22-18-13-15(2)7-11-19(18)25-4/h5-13,16H,1-4H3,(H,22,24)/b12-10+/t16-/m1/s1. The maximum absolute atomic E-state index is 12.3. The molecule has 1 atom stereocenters. The van der Waals surface area contributed by atoms with Gasteiger partial charge in [-0.05, 0) is 50.1 Å². The number of esters is 1. The van der Waals surface area contributed by atoms with Gasteiger partial charge in [0.15, 0.2) is 6.10 Å². The second-order valence-electron chi connectivity index (χ2n) is 6.02. The first kappa shape index (κ1) is 19.2. The number of carbonyl (C=O) groups is 2. The van der Waals surface area contributed by atoms with Gasteiger partial charge in [-0.1, -0.05) is 35.9 Å². The highest BCUT2D eigenvalue weighted by atomic mass is 16.5. The molecule has 2 rings (SSSR count). The Morgan fingerprint density at radius 3 is 2.35 bits per heavy atom. The Labute approximate surface area is 153 Å². The van der Waals surface area contributed by atoms with Gasteiger partial charge in [0, 0.05) is 6.08 Å². The van der Waals surface area contributed by atoms with Crippen molar-refractivity contribution in [1.82, 2.24) is 0 Å². The molecule has 5 heteroatoms. The zero-order valence-electron chi connectivity index (χ0n) is 15.4. The Morgan fingerprint density at radius 2 is 1.69 bits per heavy atom. The molecule has 0 aromatic heterocycles.